The average Bonchev–Trinajstić information content (AvgIpc) is 3.28. The molecule has 6 rings (SSSR count). The monoisotopic (exact) mass is 527 g/mol. The van der Waals surface area contributed by atoms with Crippen LogP contribution in [-0.4, -0.2) is 42.8 Å². The van der Waals surface area contributed by atoms with Gasteiger partial charge in [0.05, 0.1) is 21.7 Å². The molecule has 194 valence electrons. The number of rotatable bonds is 5. The van der Waals surface area contributed by atoms with Crippen molar-refractivity contribution in [3.05, 3.63) is 87.8 Å². The number of para-hydroxylation sites is 1. The molecule has 1 aliphatic heterocycles. The highest BCUT2D eigenvalue weighted by atomic mass is 32.1. The summed E-state index contributed by atoms with van der Waals surface area (Å²) in [5.41, 5.74) is 21.5. The number of ether oxygens (including phenoxy) is 1. The molecular weight excluding hydrogens is 498 g/mol. The van der Waals surface area contributed by atoms with E-state index in [-0.39, 0.29) is 17.7 Å². The van der Waals surface area contributed by atoms with Gasteiger partial charge >= 0.3 is 0 Å². The Labute approximate surface area is 224 Å². The molecule has 1 fully saturated rings. The maximum absolute atomic E-state index is 14.0. The lowest BCUT2D eigenvalue weighted by atomic mass is 9.69. The fraction of sp³-hybridized carbons (Fsp3) is 0.241. The first-order valence-electron chi connectivity index (χ1n) is 12.5. The van der Waals surface area contributed by atoms with Crippen molar-refractivity contribution in [1.29, 1.82) is 0 Å². The van der Waals surface area contributed by atoms with Crippen molar-refractivity contribution in [2.24, 2.45) is 11.5 Å². The standard InChI is InChI=1S/C29H29N5O3S/c1-15-12-18(37-17-6-4-3-5-7-17)8-9-19(15)29(32)20-10-11-21(30)25-22(20)23(24(31)27(29)35)26(38-25)28(36)33-16-13-34(2)14-16/h3-12,16,24H,13-14,30-32H2,1-2H3,(H,33,36). The van der Waals surface area contributed by atoms with Crippen molar-refractivity contribution in [3.8, 4) is 11.5 Å². The van der Waals surface area contributed by atoms with Crippen LogP contribution in [0, 0.1) is 6.92 Å². The van der Waals surface area contributed by atoms with Crippen molar-refractivity contribution >= 4 is 38.8 Å². The van der Waals surface area contributed by atoms with Crippen molar-refractivity contribution in [2.45, 2.75) is 24.5 Å². The van der Waals surface area contributed by atoms with Gasteiger partial charge in [-0.15, -0.1) is 11.3 Å². The van der Waals surface area contributed by atoms with Crippen LogP contribution in [0.5, 0.6) is 11.5 Å². The number of benzene rings is 3. The Kier molecular flexibility index (Phi) is 5.77. The lowest BCUT2D eigenvalue weighted by Gasteiger charge is -2.38. The highest BCUT2D eigenvalue weighted by molar-refractivity contribution is 7.21. The third-order valence-electron chi connectivity index (χ3n) is 7.52. The van der Waals surface area contributed by atoms with Gasteiger partial charge in [-0.2, -0.15) is 0 Å². The number of carbonyl (C=O) groups is 2. The molecule has 0 saturated carbocycles. The molecule has 0 bridgehead atoms. The summed E-state index contributed by atoms with van der Waals surface area (Å²) in [5.74, 6) is 0.732. The summed E-state index contributed by atoms with van der Waals surface area (Å²) >= 11 is 1.27. The first-order valence-corrected chi connectivity index (χ1v) is 13.3. The number of amides is 1. The summed E-state index contributed by atoms with van der Waals surface area (Å²) in [7, 11) is 2.00. The topological polar surface area (TPSA) is 137 Å². The van der Waals surface area contributed by atoms with Gasteiger partial charge in [-0.3, -0.25) is 9.59 Å². The Morgan fingerprint density at radius 1 is 1.08 bits per heavy atom. The largest absolute Gasteiger partial charge is 0.457 e. The summed E-state index contributed by atoms with van der Waals surface area (Å²) in [6, 6.07) is 17.5. The second-order valence-electron chi connectivity index (χ2n) is 10.2. The Morgan fingerprint density at radius 3 is 2.47 bits per heavy atom. The molecule has 1 saturated heterocycles. The number of aryl methyl sites for hydroxylation is 1. The third kappa shape index (κ3) is 3.70. The number of likely N-dealkylation sites (N-methyl/N-ethyl adjacent to an activating group) is 1. The van der Waals surface area contributed by atoms with Gasteiger partial charge in [-0.05, 0) is 61.0 Å². The second kappa shape index (κ2) is 8.92. The number of nitrogens with two attached hydrogens (primary N) is 3. The molecular formula is C29H29N5O3S. The van der Waals surface area contributed by atoms with E-state index in [2.05, 4.69) is 10.2 Å². The molecule has 4 aromatic rings. The molecule has 2 heterocycles. The van der Waals surface area contributed by atoms with E-state index in [1.54, 1.807) is 18.2 Å². The van der Waals surface area contributed by atoms with Crippen molar-refractivity contribution in [3.63, 3.8) is 0 Å². The Bertz CT molecular complexity index is 1600. The Balaban J connectivity index is 1.45. The van der Waals surface area contributed by atoms with Gasteiger partial charge in [0.2, 0.25) is 0 Å². The van der Waals surface area contributed by atoms with E-state index in [4.69, 9.17) is 21.9 Å². The van der Waals surface area contributed by atoms with E-state index in [0.29, 0.717) is 48.8 Å². The molecule has 2 aliphatic rings. The van der Waals surface area contributed by atoms with Gasteiger partial charge in [0.25, 0.3) is 5.91 Å². The summed E-state index contributed by atoms with van der Waals surface area (Å²) in [6.07, 6.45) is 0. The molecule has 0 radical (unpaired) electrons. The number of likely N-dealkylation sites (tertiary alicyclic amines) is 1. The lowest BCUT2D eigenvalue weighted by molar-refractivity contribution is -0.124. The predicted molar refractivity (Wildman–Crippen MR) is 150 cm³/mol. The molecule has 38 heavy (non-hydrogen) atoms. The van der Waals surface area contributed by atoms with Gasteiger partial charge < -0.3 is 32.2 Å². The maximum atomic E-state index is 14.0. The van der Waals surface area contributed by atoms with Crippen LogP contribution in [0.25, 0.3) is 10.1 Å². The quantitative estimate of drug-likeness (QED) is 0.292. The van der Waals surface area contributed by atoms with Gasteiger partial charge in [0, 0.05) is 29.7 Å². The minimum atomic E-state index is -1.51. The number of anilines is 1. The number of nitrogen functional groups attached to an aromatic ring is 1. The van der Waals surface area contributed by atoms with Crippen LogP contribution in [0.4, 0.5) is 5.69 Å². The van der Waals surface area contributed by atoms with Crippen LogP contribution in [-0.2, 0) is 10.3 Å². The highest BCUT2D eigenvalue weighted by Gasteiger charge is 2.49. The molecule has 8 nitrogen and oxygen atoms in total. The smallest absolute Gasteiger partial charge is 0.262 e. The molecule has 3 aromatic carbocycles. The minimum absolute atomic E-state index is 0.0603. The number of hydrogen-bond donors (Lipinski definition) is 4. The van der Waals surface area contributed by atoms with Crippen LogP contribution >= 0.6 is 11.3 Å². The van der Waals surface area contributed by atoms with Crippen LogP contribution in [0.2, 0.25) is 0 Å². The summed E-state index contributed by atoms with van der Waals surface area (Å²) in [5, 5.41) is 3.76. The zero-order chi connectivity index (χ0) is 26.8. The normalized spacial score (nSPS) is 21.4. The molecule has 7 N–H and O–H groups in total. The number of ketones is 1. The molecule has 1 aromatic heterocycles. The van der Waals surface area contributed by atoms with Gasteiger partial charge in [0.1, 0.15) is 17.0 Å². The second-order valence-corrected chi connectivity index (χ2v) is 11.2. The highest BCUT2D eigenvalue weighted by Crippen LogP contribution is 2.50. The van der Waals surface area contributed by atoms with Crippen LogP contribution < -0.4 is 27.3 Å². The molecule has 2 atom stereocenters. The van der Waals surface area contributed by atoms with Crippen LogP contribution in [0.3, 0.4) is 0 Å². The lowest BCUT2D eigenvalue weighted by Crippen LogP contribution is -2.57. The summed E-state index contributed by atoms with van der Waals surface area (Å²) in [6.45, 7) is 3.45. The number of nitrogens with zero attached hydrogens (tertiary/aromatic N) is 1. The van der Waals surface area contributed by atoms with Gasteiger partial charge in [-0.25, -0.2) is 0 Å². The molecule has 2 unspecified atom stereocenters. The summed E-state index contributed by atoms with van der Waals surface area (Å²) in [4.78, 5) is 29.9. The summed E-state index contributed by atoms with van der Waals surface area (Å²) < 4.78 is 6.70. The number of carbonyl (C=O) groups excluding carboxylic acids is 2. The van der Waals surface area contributed by atoms with Crippen molar-refractivity contribution < 1.29 is 14.3 Å². The Morgan fingerprint density at radius 2 is 1.79 bits per heavy atom. The zero-order valence-electron chi connectivity index (χ0n) is 21.2. The number of nitrogens with one attached hydrogen (secondary N) is 1. The maximum Gasteiger partial charge on any atom is 0.262 e. The number of Topliss-reactive ketones (excluding diaryl/α,β-unsaturated/α-hetero) is 1. The zero-order valence-corrected chi connectivity index (χ0v) is 22.0. The van der Waals surface area contributed by atoms with Gasteiger partial charge in [-0.1, -0.05) is 30.3 Å². The molecule has 0 spiro atoms. The van der Waals surface area contributed by atoms with E-state index < -0.39 is 11.6 Å². The van der Waals surface area contributed by atoms with E-state index in [1.807, 2.05) is 56.4 Å². The van der Waals surface area contributed by atoms with Crippen molar-refractivity contribution in [1.82, 2.24) is 10.2 Å². The van der Waals surface area contributed by atoms with E-state index in [0.717, 1.165) is 18.7 Å². The van der Waals surface area contributed by atoms with Crippen LogP contribution in [0.15, 0.2) is 60.7 Å². The minimum Gasteiger partial charge on any atom is -0.457 e. The van der Waals surface area contributed by atoms with E-state index in [9.17, 15) is 9.59 Å². The number of thiophene rings is 1. The first-order chi connectivity index (χ1) is 18.2. The van der Waals surface area contributed by atoms with Crippen molar-refractivity contribution in [2.75, 3.05) is 25.9 Å². The van der Waals surface area contributed by atoms with E-state index in [1.165, 1.54) is 11.3 Å². The third-order valence-corrected chi connectivity index (χ3v) is 8.77. The average molecular weight is 528 g/mol. The predicted octanol–water partition coefficient (Wildman–Crippen LogP) is 3.41. The fourth-order valence-electron chi connectivity index (χ4n) is 5.64. The molecule has 9 heteroatoms. The van der Waals surface area contributed by atoms with Crippen LogP contribution in [0.1, 0.15) is 38.0 Å². The molecule has 1 aliphatic carbocycles. The molecule has 1 amide bonds. The SMILES string of the molecule is Cc1cc(Oc2ccccc2)ccc1C1(N)C(=O)C(N)c2c(C(=O)NC3CN(C)C3)sc3c(N)ccc1c23. The van der Waals surface area contributed by atoms with Gasteiger partial charge in [0.15, 0.2) is 5.78 Å². The Hall–Kier alpha value is -3.76. The fourth-order valence-corrected chi connectivity index (χ4v) is 6.84. The first kappa shape index (κ1) is 24.6. The van der Waals surface area contributed by atoms with E-state index >= 15 is 0 Å². The number of hydrogen-bond acceptors (Lipinski definition) is 8.